The fourth-order valence-corrected chi connectivity index (χ4v) is 2.89. The van der Waals surface area contributed by atoms with Crippen molar-refractivity contribution in [3.8, 4) is 0 Å². The predicted octanol–water partition coefficient (Wildman–Crippen LogP) is 6.35. The molecule has 2 heteroatoms. The number of hydrogen-bond donors (Lipinski definition) is 0. The van der Waals surface area contributed by atoms with Crippen molar-refractivity contribution < 1.29 is 4.43 Å². The van der Waals surface area contributed by atoms with Crippen LogP contribution in [0.2, 0.25) is 18.1 Å². The first kappa shape index (κ1) is 19.2. The molecule has 115 valence electrons. The molecule has 0 aliphatic carbocycles. The van der Waals surface area contributed by atoms with E-state index in [9.17, 15) is 0 Å². The SMILES string of the molecule is CCCCCCCC[CH]CCO[Si](C)(C)C(C)(C)C. The van der Waals surface area contributed by atoms with E-state index in [1.54, 1.807) is 0 Å². The summed E-state index contributed by atoms with van der Waals surface area (Å²) in [7, 11) is -1.52. The zero-order valence-electron chi connectivity index (χ0n) is 14.3. The van der Waals surface area contributed by atoms with Gasteiger partial charge in [-0.05, 0) is 31.0 Å². The average molecular weight is 286 g/mol. The van der Waals surface area contributed by atoms with Crippen LogP contribution in [0.5, 0.6) is 0 Å². The van der Waals surface area contributed by atoms with Crippen LogP contribution in [-0.4, -0.2) is 14.9 Å². The molecular weight excluding hydrogens is 248 g/mol. The van der Waals surface area contributed by atoms with E-state index in [0.717, 1.165) is 13.0 Å². The maximum atomic E-state index is 6.16. The highest BCUT2D eigenvalue weighted by Crippen LogP contribution is 2.36. The van der Waals surface area contributed by atoms with E-state index in [1.807, 2.05) is 0 Å². The Morgan fingerprint density at radius 1 is 0.895 bits per heavy atom. The Hall–Kier alpha value is 0.177. The van der Waals surface area contributed by atoms with E-state index < -0.39 is 8.32 Å². The summed E-state index contributed by atoms with van der Waals surface area (Å²) >= 11 is 0. The lowest BCUT2D eigenvalue weighted by molar-refractivity contribution is 0.289. The van der Waals surface area contributed by atoms with Crippen LogP contribution < -0.4 is 0 Å². The van der Waals surface area contributed by atoms with Crippen LogP contribution in [0.1, 0.15) is 79.1 Å². The van der Waals surface area contributed by atoms with Gasteiger partial charge in [0.2, 0.25) is 0 Å². The van der Waals surface area contributed by atoms with Crippen molar-refractivity contribution in [1.82, 2.24) is 0 Å². The van der Waals surface area contributed by atoms with Gasteiger partial charge in [-0.15, -0.1) is 0 Å². The average Bonchev–Trinajstić information content (AvgIpc) is 2.30. The summed E-state index contributed by atoms with van der Waals surface area (Å²) in [6.07, 6.45) is 13.2. The van der Waals surface area contributed by atoms with Crippen LogP contribution in [0.4, 0.5) is 0 Å². The Balaban J connectivity index is 3.37. The maximum Gasteiger partial charge on any atom is 0.191 e. The van der Waals surface area contributed by atoms with Crippen LogP contribution in [0.25, 0.3) is 0 Å². The van der Waals surface area contributed by atoms with E-state index in [1.165, 1.54) is 44.9 Å². The molecule has 1 radical (unpaired) electrons. The van der Waals surface area contributed by atoms with Gasteiger partial charge in [-0.3, -0.25) is 0 Å². The second-order valence-electron chi connectivity index (χ2n) is 7.24. The third-order valence-corrected chi connectivity index (χ3v) is 8.89. The summed E-state index contributed by atoms with van der Waals surface area (Å²) in [6.45, 7) is 14.8. The van der Waals surface area contributed by atoms with E-state index in [0.29, 0.717) is 5.04 Å². The molecule has 0 fully saturated rings. The second-order valence-corrected chi connectivity index (χ2v) is 12.1. The highest BCUT2D eigenvalue weighted by molar-refractivity contribution is 6.74. The zero-order valence-corrected chi connectivity index (χ0v) is 15.3. The van der Waals surface area contributed by atoms with Crippen molar-refractivity contribution in [2.75, 3.05) is 6.61 Å². The number of unbranched alkanes of at least 4 members (excludes halogenated alkanes) is 8. The molecule has 0 heterocycles. The molecule has 0 aromatic heterocycles. The molecule has 0 saturated heterocycles. The Morgan fingerprint density at radius 2 is 1.47 bits per heavy atom. The minimum absolute atomic E-state index is 0.340. The van der Waals surface area contributed by atoms with Gasteiger partial charge in [-0.1, -0.05) is 72.6 Å². The van der Waals surface area contributed by atoms with E-state index in [4.69, 9.17) is 4.43 Å². The molecule has 0 spiro atoms. The molecular formula is C17H37OSi. The first-order chi connectivity index (χ1) is 8.81. The summed E-state index contributed by atoms with van der Waals surface area (Å²) in [5.74, 6) is 0. The lowest BCUT2D eigenvalue weighted by atomic mass is 10.1. The molecule has 0 aromatic rings. The Kier molecular flexibility index (Phi) is 10.1. The highest BCUT2D eigenvalue weighted by Gasteiger charge is 2.36. The quantitative estimate of drug-likeness (QED) is 0.317. The highest BCUT2D eigenvalue weighted by atomic mass is 28.4. The van der Waals surface area contributed by atoms with Gasteiger partial charge in [0.05, 0.1) is 0 Å². The van der Waals surface area contributed by atoms with Crippen molar-refractivity contribution in [2.24, 2.45) is 0 Å². The lowest BCUT2D eigenvalue weighted by Crippen LogP contribution is -2.40. The molecule has 0 atom stereocenters. The summed E-state index contributed by atoms with van der Waals surface area (Å²) in [5.41, 5.74) is 0. The summed E-state index contributed by atoms with van der Waals surface area (Å²) in [5, 5.41) is 0.340. The van der Waals surface area contributed by atoms with Crippen molar-refractivity contribution in [3.05, 3.63) is 6.42 Å². The lowest BCUT2D eigenvalue weighted by Gasteiger charge is -2.36. The van der Waals surface area contributed by atoms with Gasteiger partial charge in [-0.2, -0.15) is 0 Å². The third kappa shape index (κ3) is 9.67. The van der Waals surface area contributed by atoms with Crippen LogP contribution in [0, 0.1) is 6.42 Å². The maximum absolute atomic E-state index is 6.16. The van der Waals surface area contributed by atoms with Gasteiger partial charge in [0.15, 0.2) is 8.32 Å². The topological polar surface area (TPSA) is 9.23 Å². The van der Waals surface area contributed by atoms with Gasteiger partial charge in [0.25, 0.3) is 0 Å². The summed E-state index contributed by atoms with van der Waals surface area (Å²) in [6, 6.07) is 0. The van der Waals surface area contributed by atoms with Crippen molar-refractivity contribution in [3.63, 3.8) is 0 Å². The molecule has 0 amide bonds. The van der Waals surface area contributed by atoms with Gasteiger partial charge >= 0.3 is 0 Å². The molecule has 0 N–H and O–H groups in total. The monoisotopic (exact) mass is 285 g/mol. The van der Waals surface area contributed by atoms with Crippen LogP contribution in [-0.2, 0) is 4.43 Å². The molecule has 0 unspecified atom stereocenters. The van der Waals surface area contributed by atoms with Crippen LogP contribution in [0.3, 0.4) is 0 Å². The molecule has 0 aliphatic heterocycles. The number of hydrogen-bond acceptors (Lipinski definition) is 1. The minimum Gasteiger partial charge on any atom is -0.417 e. The Bertz CT molecular complexity index is 206. The second kappa shape index (κ2) is 9.98. The molecule has 0 saturated carbocycles. The molecule has 0 aliphatic rings. The summed E-state index contributed by atoms with van der Waals surface area (Å²) < 4.78 is 6.16. The molecule has 0 rings (SSSR count). The molecule has 0 bridgehead atoms. The largest absolute Gasteiger partial charge is 0.417 e. The molecule has 19 heavy (non-hydrogen) atoms. The predicted molar refractivity (Wildman–Crippen MR) is 90.1 cm³/mol. The third-order valence-electron chi connectivity index (χ3n) is 4.35. The summed E-state index contributed by atoms with van der Waals surface area (Å²) in [4.78, 5) is 0. The van der Waals surface area contributed by atoms with E-state index in [-0.39, 0.29) is 0 Å². The smallest absolute Gasteiger partial charge is 0.191 e. The van der Waals surface area contributed by atoms with Gasteiger partial charge < -0.3 is 4.43 Å². The van der Waals surface area contributed by atoms with Crippen molar-refractivity contribution >= 4 is 8.32 Å². The zero-order chi connectivity index (χ0) is 14.8. The fraction of sp³-hybridized carbons (Fsp3) is 0.941. The van der Waals surface area contributed by atoms with E-state index in [2.05, 4.69) is 47.2 Å². The minimum atomic E-state index is -1.52. The van der Waals surface area contributed by atoms with Gasteiger partial charge in [0, 0.05) is 6.61 Å². The standard InChI is InChI=1S/C17H37OSi/c1-7-8-9-10-11-12-13-14-15-16-18-19(5,6)17(2,3)4/h14H,7-13,15-16H2,1-6H3. The van der Waals surface area contributed by atoms with E-state index >= 15 is 0 Å². The van der Waals surface area contributed by atoms with Crippen molar-refractivity contribution in [2.45, 2.75) is 97.2 Å². The van der Waals surface area contributed by atoms with Gasteiger partial charge in [-0.25, -0.2) is 0 Å². The Morgan fingerprint density at radius 3 is 2.05 bits per heavy atom. The normalized spacial score (nSPS) is 12.9. The fourth-order valence-electron chi connectivity index (χ4n) is 1.83. The van der Waals surface area contributed by atoms with Crippen LogP contribution >= 0.6 is 0 Å². The van der Waals surface area contributed by atoms with Crippen LogP contribution in [0.15, 0.2) is 0 Å². The molecule has 0 aromatic carbocycles. The molecule has 1 nitrogen and oxygen atoms in total. The number of rotatable bonds is 11. The van der Waals surface area contributed by atoms with Gasteiger partial charge in [0.1, 0.15) is 0 Å². The first-order valence-corrected chi connectivity index (χ1v) is 11.2. The Labute approximate surface area is 123 Å². The van der Waals surface area contributed by atoms with Crippen molar-refractivity contribution in [1.29, 1.82) is 0 Å². The first-order valence-electron chi connectivity index (χ1n) is 8.27.